The van der Waals surface area contributed by atoms with Gasteiger partial charge in [-0.1, -0.05) is 57.3 Å². The third-order valence-corrected chi connectivity index (χ3v) is 6.17. The Morgan fingerprint density at radius 3 is 2.64 bits per heavy atom. The fraction of sp³-hybridized carbons (Fsp3) is 0.174. The highest BCUT2D eigenvalue weighted by Crippen LogP contribution is 2.28. The highest BCUT2D eigenvalue weighted by Gasteiger charge is 2.17. The predicted molar refractivity (Wildman–Crippen MR) is 132 cm³/mol. The number of nitrogens with one attached hydrogen (secondary N) is 1. The highest BCUT2D eigenvalue weighted by molar-refractivity contribution is 9.10. The van der Waals surface area contributed by atoms with Crippen LogP contribution in [0.15, 0.2) is 59.2 Å². The maximum Gasteiger partial charge on any atom is 0.276 e. The molecule has 0 spiro atoms. The lowest BCUT2D eigenvalue weighted by molar-refractivity contribution is 0.102. The van der Waals surface area contributed by atoms with Gasteiger partial charge in [0.2, 0.25) is 0 Å². The largest absolute Gasteiger partial charge is 0.470 e. The molecule has 2 aromatic carbocycles. The molecule has 0 aliphatic heterocycles. The zero-order valence-corrected chi connectivity index (χ0v) is 20.9. The van der Waals surface area contributed by atoms with Gasteiger partial charge in [-0.25, -0.2) is 4.68 Å². The van der Waals surface area contributed by atoms with E-state index in [1.54, 1.807) is 24.4 Å². The van der Waals surface area contributed by atoms with Crippen LogP contribution in [-0.4, -0.2) is 25.5 Å². The average molecular weight is 549 g/mol. The van der Waals surface area contributed by atoms with E-state index in [4.69, 9.17) is 27.9 Å². The van der Waals surface area contributed by atoms with Crippen LogP contribution in [0.2, 0.25) is 10.0 Å². The Bertz CT molecular complexity index is 1320. The third-order valence-electron chi connectivity index (χ3n) is 5.02. The Hall–Kier alpha value is -2.81. The topological polar surface area (TPSA) is 74.0 Å². The second-order valence-corrected chi connectivity index (χ2v) is 9.07. The van der Waals surface area contributed by atoms with Crippen molar-refractivity contribution in [2.24, 2.45) is 0 Å². The van der Waals surface area contributed by atoms with E-state index in [-0.39, 0.29) is 18.3 Å². The minimum absolute atomic E-state index is 0.114. The van der Waals surface area contributed by atoms with Gasteiger partial charge in [0.25, 0.3) is 5.91 Å². The van der Waals surface area contributed by atoms with Crippen molar-refractivity contribution in [2.75, 3.05) is 5.32 Å². The molecule has 2 aromatic heterocycles. The number of hydrogen-bond acceptors (Lipinski definition) is 4. The molecule has 170 valence electrons. The summed E-state index contributed by atoms with van der Waals surface area (Å²) in [5, 5.41) is 12.9. The summed E-state index contributed by atoms with van der Waals surface area (Å²) in [6.07, 6.45) is 1.67. The first-order valence-electron chi connectivity index (χ1n) is 10.0. The van der Waals surface area contributed by atoms with E-state index in [0.29, 0.717) is 33.7 Å². The Labute approximate surface area is 209 Å². The van der Waals surface area contributed by atoms with Gasteiger partial charge < -0.3 is 10.1 Å². The minimum atomic E-state index is -0.334. The number of benzene rings is 2. The van der Waals surface area contributed by atoms with Crippen LogP contribution in [0.25, 0.3) is 0 Å². The van der Waals surface area contributed by atoms with Crippen LogP contribution >= 0.6 is 39.1 Å². The van der Waals surface area contributed by atoms with E-state index in [1.165, 1.54) is 4.68 Å². The van der Waals surface area contributed by atoms with Crippen molar-refractivity contribution in [1.82, 2.24) is 19.6 Å². The van der Waals surface area contributed by atoms with Crippen molar-refractivity contribution in [1.29, 1.82) is 0 Å². The quantitative estimate of drug-likeness (QED) is 0.302. The second-order valence-electron chi connectivity index (χ2n) is 7.34. The summed E-state index contributed by atoms with van der Waals surface area (Å²) < 4.78 is 9.89. The summed E-state index contributed by atoms with van der Waals surface area (Å²) in [5.41, 5.74) is 3.40. The number of aromatic nitrogens is 4. The molecule has 0 unspecified atom stereocenters. The lowest BCUT2D eigenvalue weighted by atomic mass is 10.2. The molecule has 4 aromatic rings. The first kappa shape index (κ1) is 23.4. The van der Waals surface area contributed by atoms with Gasteiger partial charge in [-0.05, 0) is 49.7 Å². The summed E-state index contributed by atoms with van der Waals surface area (Å²) in [6, 6.07) is 14.6. The Morgan fingerprint density at radius 2 is 1.88 bits per heavy atom. The van der Waals surface area contributed by atoms with Gasteiger partial charge >= 0.3 is 0 Å². The smallest absolute Gasteiger partial charge is 0.276 e. The van der Waals surface area contributed by atoms with Crippen LogP contribution in [0.4, 0.5) is 5.69 Å². The van der Waals surface area contributed by atoms with Gasteiger partial charge in [0, 0.05) is 15.7 Å². The number of carbonyl (C=O) groups is 1. The zero-order chi connectivity index (χ0) is 23.5. The molecular weight excluding hydrogens is 529 g/mol. The van der Waals surface area contributed by atoms with E-state index in [0.717, 1.165) is 15.7 Å². The molecule has 1 N–H and O–H groups in total. The average Bonchev–Trinajstić information content (AvgIpc) is 3.35. The van der Waals surface area contributed by atoms with Gasteiger partial charge in [-0.15, -0.1) is 0 Å². The van der Waals surface area contributed by atoms with Gasteiger partial charge in [-0.3, -0.25) is 9.48 Å². The molecule has 0 bridgehead atoms. The predicted octanol–water partition coefficient (Wildman–Crippen LogP) is 6.10. The molecule has 4 rings (SSSR count). The SMILES string of the molecule is Cc1nn(Cc2ccccc2Cl)c(C)c1NC(=O)c1ccn(COc2ccc(Br)cc2Cl)n1. The van der Waals surface area contributed by atoms with Crippen molar-refractivity contribution in [2.45, 2.75) is 27.1 Å². The normalized spacial score (nSPS) is 10.9. The number of carbonyl (C=O) groups excluding carboxylic acids is 1. The van der Waals surface area contributed by atoms with Crippen molar-refractivity contribution in [3.8, 4) is 5.75 Å². The first-order valence-corrected chi connectivity index (χ1v) is 11.6. The molecule has 0 aliphatic carbocycles. The zero-order valence-electron chi connectivity index (χ0n) is 17.8. The molecule has 2 heterocycles. The maximum atomic E-state index is 12.8. The molecule has 0 saturated carbocycles. The van der Waals surface area contributed by atoms with Crippen LogP contribution in [0, 0.1) is 13.8 Å². The molecule has 1 amide bonds. The Morgan fingerprint density at radius 1 is 1.09 bits per heavy atom. The number of ether oxygens (including phenoxy) is 1. The summed E-state index contributed by atoms with van der Waals surface area (Å²) in [5.74, 6) is 0.192. The molecule has 7 nitrogen and oxygen atoms in total. The second kappa shape index (κ2) is 9.99. The molecule has 10 heteroatoms. The summed E-state index contributed by atoms with van der Waals surface area (Å²) in [4.78, 5) is 12.8. The number of amides is 1. The van der Waals surface area contributed by atoms with E-state index in [2.05, 4.69) is 31.4 Å². The van der Waals surface area contributed by atoms with E-state index in [9.17, 15) is 4.79 Å². The summed E-state index contributed by atoms with van der Waals surface area (Å²) >= 11 is 15.8. The molecule has 33 heavy (non-hydrogen) atoms. The van der Waals surface area contributed by atoms with E-state index < -0.39 is 0 Å². The van der Waals surface area contributed by atoms with Crippen LogP contribution < -0.4 is 10.1 Å². The van der Waals surface area contributed by atoms with Gasteiger partial charge in [-0.2, -0.15) is 10.2 Å². The van der Waals surface area contributed by atoms with Crippen LogP contribution in [0.5, 0.6) is 5.75 Å². The molecule has 0 aliphatic rings. The van der Waals surface area contributed by atoms with Crippen molar-refractivity contribution < 1.29 is 9.53 Å². The van der Waals surface area contributed by atoms with Crippen LogP contribution in [0.3, 0.4) is 0 Å². The standard InChI is InChI=1S/C23H20BrCl2N5O2/c1-14-22(15(2)31(28-14)12-16-5-3-4-6-18(16)25)27-23(32)20-9-10-30(29-20)13-33-21-8-7-17(24)11-19(21)26/h3-11H,12-13H2,1-2H3,(H,27,32). The van der Waals surface area contributed by atoms with Gasteiger partial charge in [0.15, 0.2) is 12.4 Å². The molecule has 0 fully saturated rings. The Kier molecular flexibility index (Phi) is 7.07. The first-order chi connectivity index (χ1) is 15.8. The lowest BCUT2D eigenvalue weighted by Crippen LogP contribution is -2.15. The molecule has 0 saturated heterocycles. The third kappa shape index (κ3) is 5.40. The molecule has 0 radical (unpaired) electrons. The number of rotatable bonds is 7. The van der Waals surface area contributed by atoms with Crippen LogP contribution in [0.1, 0.15) is 27.4 Å². The fourth-order valence-corrected chi connectivity index (χ4v) is 4.20. The number of aryl methyl sites for hydroxylation is 1. The number of anilines is 1. The lowest BCUT2D eigenvalue weighted by Gasteiger charge is -2.08. The van der Waals surface area contributed by atoms with Gasteiger partial charge in [0.1, 0.15) is 5.75 Å². The van der Waals surface area contributed by atoms with E-state index in [1.807, 2.05) is 48.9 Å². The fourth-order valence-electron chi connectivity index (χ4n) is 3.28. The number of halogens is 3. The van der Waals surface area contributed by atoms with Crippen LogP contribution in [-0.2, 0) is 13.3 Å². The minimum Gasteiger partial charge on any atom is -0.470 e. The van der Waals surface area contributed by atoms with E-state index >= 15 is 0 Å². The summed E-state index contributed by atoms with van der Waals surface area (Å²) in [7, 11) is 0. The number of nitrogens with zero attached hydrogens (tertiary/aromatic N) is 4. The van der Waals surface area contributed by atoms with Crippen molar-refractivity contribution >= 4 is 50.7 Å². The number of hydrogen-bond donors (Lipinski definition) is 1. The molecular formula is C23H20BrCl2N5O2. The molecule has 0 atom stereocenters. The summed E-state index contributed by atoms with van der Waals surface area (Å²) in [6.45, 7) is 4.37. The van der Waals surface area contributed by atoms with Crippen molar-refractivity contribution in [3.63, 3.8) is 0 Å². The van der Waals surface area contributed by atoms with Crippen molar-refractivity contribution in [3.05, 3.63) is 91.9 Å². The van der Waals surface area contributed by atoms with Gasteiger partial charge in [0.05, 0.1) is 28.6 Å². The monoisotopic (exact) mass is 547 g/mol. The maximum absolute atomic E-state index is 12.8. The highest BCUT2D eigenvalue weighted by atomic mass is 79.9. The Balaban J connectivity index is 1.43.